The molecule has 1 saturated heterocycles. The molecule has 8 heteroatoms. The Morgan fingerprint density at radius 3 is 2.52 bits per heavy atom. The number of carbonyl (C=O) groups is 1. The van der Waals surface area contributed by atoms with Gasteiger partial charge in [0.05, 0.1) is 16.5 Å². The fourth-order valence-electron chi connectivity index (χ4n) is 2.82. The van der Waals surface area contributed by atoms with Gasteiger partial charge in [0.15, 0.2) is 0 Å². The lowest BCUT2D eigenvalue weighted by atomic mass is 9.97. The first-order valence-electron chi connectivity index (χ1n) is 8.48. The van der Waals surface area contributed by atoms with Crippen LogP contribution in [0.4, 0.5) is 0 Å². The third-order valence-electron chi connectivity index (χ3n) is 4.10. The van der Waals surface area contributed by atoms with Crippen LogP contribution in [0.2, 0.25) is 5.02 Å². The molecule has 1 aliphatic heterocycles. The highest BCUT2D eigenvalue weighted by Crippen LogP contribution is 2.30. The summed E-state index contributed by atoms with van der Waals surface area (Å²) in [4.78, 5) is 12.2. The number of sulfonamides is 1. The number of piperidine rings is 1. The Hall–Kier alpha value is -1.31. The molecule has 1 aromatic carbocycles. The van der Waals surface area contributed by atoms with Gasteiger partial charge in [-0.2, -0.15) is 4.31 Å². The summed E-state index contributed by atoms with van der Waals surface area (Å²) in [6, 6.07) is 4.57. The first kappa shape index (κ1) is 20.0. The zero-order valence-electron chi connectivity index (χ0n) is 14.8. The predicted octanol–water partition coefficient (Wildman–Crippen LogP) is 2.66. The van der Waals surface area contributed by atoms with Crippen LogP contribution >= 0.6 is 11.6 Å². The van der Waals surface area contributed by atoms with E-state index < -0.39 is 10.0 Å². The number of halogens is 1. The van der Waals surface area contributed by atoms with Crippen molar-refractivity contribution < 1.29 is 17.9 Å². The molecule has 1 fully saturated rings. The fourth-order valence-corrected chi connectivity index (χ4v) is 4.62. The van der Waals surface area contributed by atoms with Crippen LogP contribution in [-0.4, -0.2) is 44.4 Å². The molecule has 1 heterocycles. The smallest absolute Gasteiger partial charge is 0.243 e. The number of hydrogen-bond donors (Lipinski definition) is 1. The molecule has 0 atom stereocenters. The molecule has 0 bridgehead atoms. The molecule has 0 unspecified atom stereocenters. The normalized spacial score (nSPS) is 16.8. The van der Waals surface area contributed by atoms with Gasteiger partial charge in [0, 0.05) is 25.0 Å². The minimum atomic E-state index is -3.63. The van der Waals surface area contributed by atoms with Gasteiger partial charge in [-0.05, 0) is 51.8 Å². The van der Waals surface area contributed by atoms with Crippen molar-refractivity contribution in [2.24, 2.45) is 5.92 Å². The summed E-state index contributed by atoms with van der Waals surface area (Å²) in [7, 11) is -3.63. The minimum absolute atomic E-state index is 0.00356. The van der Waals surface area contributed by atoms with Crippen LogP contribution in [0.3, 0.4) is 0 Å². The van der Waals surface area contributed by atoms with E-state index in [0.29, 0.717) is 38.3 Å². The first-order valence-corrected chi connectivity index (χ1v) is 10.3. The second-order valence-corrected chi connectivity index (χ2v) is 8.71. The van der Waals surface area contributed by atoms with Gasteiger partial charge in [-0.1, -0.05) is 11.6 Å². The molecule has 0 saturated carbocycles. The quantitative estimate of drug-likeness (QED) is 0.812. The number of nitrogens with one attached hydrogen (secondary N) is 1. The van der Waals surface area contributed by atoms with E-state index in [4.69, 9.17) is 16.3 Å². The Balaban J connectivity index is 2.07. The molecule has 0 radical (unpaired) electrons. The summed E-state index contributed by atoms with van der Waals surface area (Å²) in [6.07, 6.45) is 1.03. The van der Waals surface area contributed by atoms with Crippen LogP contribution < -0.4 is 10.1 Å². The maximum atomic E-state index is 12.8. The third kappa shape index (κ3) is 4.86. The highest BCUT2D eigenvalue weighted by atomic mass is 35.5. The number of amides is 1. The number of carbonyl (C=O) groups excluding carboxylic acids is 1. The molecular formula is C17H25ClN2O4S. The predicted molar refractivity (Wildman–Crippen MR) is 97.4 cm³/mol. The summed E-state index contributed by atoms with van der Waals surface area (Å²) in [5.74, 6) is 0.320. The van der Waals surface area contributed by atoms with E-state index >= 15 is 0 Å². The Labute approximate surface area is 154 Å². The van der Waals surface area contributed by atoms with Crippen LogP contribution in [0.25, 0.3) is 0 Å². The van der Waals surface area contributed by atoms with Gasteiger partial charge in [0.25, 0.3) is 0 Å². The maximum Gasteiger partial charge on any atom is 0.243 e. The number of rotatable bonds is 6. The second-order valence-electron chi connectivity index (χ2n) is 6.37. The van der Waals surface area contributed by atoms with Crippen molar-refractivity contribution in [1.82, 2.24) is 9.62 Å². The Kier molecular flexibility index (Phi) is 6.71. The lowest BCUT2D eigenvalue weighted by Gasteiger charge is -2.31. The molecule has 0 spiro atoms. The van der Waals surface area contributed by atoms with Gasteiger partial charge in [-0.15, -0.1) is 0 Å². The van der Waals surface area contributed by atoms with Gasteiger partial charge >= 0.3 is 0 Å². The van der Waals surface area contributed by atoms with Gasteiger partial charge in [0.1, 0.15) is 5.75 Å². The molecule has 1 amide bonds. The zero-order chi connectivity index (χ0) is 18.6. The largest absolute Gasteiger partial charge is 0.492 e. The Bertz CT molecular complexity index is 713. The summed E-state index contributed by atoms with van der Waals surface area (Å²) < 4.78 is 32.3. The van der Waals surface area contributed by atoms with Crippen LogP contribution in [0.1, 0.15) is 33.6 Å². The van der Waals surface area contributed by atoms with Crippen molar-refractivity contribution in [3.05, 3.63) is 23.2 Å². The van der Waals surface area contributed by atoms with E-state index in [1.807, 2.05) is 20.8 Å². The number of nitrogens with zero attached hydrogens (tertiary/aromatic N) is 1. The van der Waals surface area contributed by atoms with Gasteiger partial charge < -0.3 is 10.1 Å². The van der Waals surface area contributed by atoms with Gasteiger partial charge in [-0.3, -0.25) is 4.79 Å². The summed E-state index contributed by atoms with van der Waals surface area (Å²) >= 11 is 6.11. The van der Waals surface area contributed by atoms with E-state index in [2.05, 4.69) is 5.32 Å². The molecule has 25 heavy (non-hydrogen) atoms. The summed E-state index contributed by atoms with van der Waals surface area (Å²) in [5.41, 5.74) is 0. The molecule has 1 N–H and O–H groups in total. The van der Waals surface area contributed by atoms with Crippen molar-refractivity contribution in [3.63, 3.8) is 0 Å². The standard InChI is InChI=1S/C17H25ClN2O4S/c1-4-24-16-6-5-14(11-15(16)18)25(22,23)20-9-7-13(8-10-20)17(21)19-12(2)3/h5-6,11-13H,4,7-10H2,1-3H3,(H,19,21). The average Bonchev–Trinajstić information content (AvgIpc) is 2.56. The topological polar surface area (TPSA) is 75.7 Å². The molecular weight excluding hydrogens is 364 g/mol. The van der Waals surface area contributed by atoms with Gasteiger partial charge in [-0.25, -0.2) is 8.42 Å². The van der Waals surface area contributed by atoms with Crippen LogP contribution in [0, 0.1) is 5.92 Å². The van der Waals surface area contributed by atoms with Crippen molar-refractivity contribution >= 4 is 27.5 Å². The molecule has 0 aliphatic carbocycles. The molecule has 6 nitrogen and oxygen atoms in total. The highest BCUT2D eigenvalue weighted by molar-refractivity contribution is 7.89. The average molecular weight is 389 g/mol. The first-order chi connectivity index (χ1) is 11.8. The molecule has 140 valence electrons. The second kappa shape index (κ2) is 8.38. The summed E-state index contributed by atoms with van der Waals surface area (Å²) in [5, 5.41) is 3.16. The number of hydrogen-bond acceptors (Lipinski definition) is 4. The van der Waals surface area contributed by atoms with E-state index in [9.17, 15) is 13.2 Å². The van der Waals surface area contributed by atoms with Crippen LogP contribution in [0.5, 0.6) is 5.75 Å². The molecule has 1 aromatic rings. The maximum absolute atomic E-state index is 12.8. The minimum Gasteiger partial charge on any atom is -0.492 e. The molecule has 1 aliphatic rings. The number of ether oxygens (including phenoxy) is 1. The third-order valence-corrected chi connectivity index (χ3v) is 6.29. The lowest BCUT2D eigenvalue weighted by Crippen LogP contribution is -2.44. The van der Waals surface area contributed by atoms with Crippen LogP contribution in [-0.2, 0) is 14.8 Å². The van der Waals surface area contributed by atoms with Crippen LogP contribution in [0.15, 0.2) is 23.1 Å². The van der Waals surface area contributed by atoms with E-state index in [1.165, 1.54) is 16.4 Å². The van der Waals surface area contributed by atoms with E-state index in [-0.39, 0.29) is 27.8 Å². The zero-order valence-corrected chi connectivity index (χ0v) is 16.4. The lowest BCUT2D eigenvalue weighted by molar-refractivity contribution is -0.126. The van der Waals surface area contributed by atoms with Crippen molar-refractivity contribution in [1.29, 1.82) is 0 Å². The van der Waals surface area contributed by atoms with Crippen molar-refractivity contribution in [2.75, 3.05) is 19.7 Å². The molecule has 0 aromatic heterocycles. The Morgan fingerprint density at radius 2 is 2.00 bits per heavy atom. The SMILES string of the molecule is CCOc1ccc(S(=O)(=O)N2CCC(C(=O)NC(C)C)CC2)cc1Cl. The Morgan fingerprint density at radius 1 is 1.36 bits per heavy atom. The number of benzene rings is 1. The van der Waals surface area contributed by atoms with Crippen molar-refractivity contribution in [2.45, 2.75) is 44.6 Å². The van der Waals surface area contributed by atoms with Crippen molar-refractivity contribution in [3.8, 4) is 5.75 Å². The monoisotopic (exact) mass is 388 g/mol. The van der Waals surface area contributed by atoms with E-state index in [0.717, 1.165) is 0 Å². The van der Waals surface area contributed by atoms with E-state index in [1.54, 1.807) is 6.07 Å². The van der Waals surface area contributed by atoms with Gasteiger partial charge in [0.2, 0.25) is 15.9 Å². The fraction of sp³-hybridized carbons (Fsp3) is 0.588. The highest BCUT2D eigenvalue weighted by Gasteiger charge is 2.32. The summed E-state index contributed by atoms with van der Waals surface area (Å²) in [6.45, 7) is 6.76. The molecule has 2 rings (SSSR count).